The monoisotopic (exact) mass is 403 g/mol. The molecule has 8 heteroatoms. The molecule has 144 valence electrons. The van der Waals surface area contributed by atoms with Crippen molar-refractivity contribution in [1.29, 1.82) is 0 Å². The first-order valence-electron chi connectivity index (χ1n) is 8.12. The van der Waals surface area contributed by atoms with Gasteiger partial charge < -0.3 is 14.7 Å². The van der Waals surface area contributed by atoms with Gasteiger partial charge in [0.2, 0.25) is 5.06 Å². The number of nitrogens with zero attached hydrogens (tertiary/aromatic N) is 1. The number of anilines is 1. The number of benzene rings is 2. The molecule has 0 saturated carbocycles. The zero-order chi connectivity index (χ0) is 20.4. The smallest absolute Gasteiger partial charge is 0.449 e. The van der Waals surface area contributed by atoms with Crippen LogP contribution < -0.4 is 9.64 Å². The molecule has 1 aromatic heterocycles. The van der Waals surface area contributed by atoms with Crippen molar-refractivity contribution >= 4 is 29.1 Å². The summed E-state index contributed by atoms with van der Waals surface area (Å²) in [4.78, 5) is 25.5. The van der Waals surface area contributed by atoms with Gasteiger partial charge in [-0.2, -0.15) is 0 Å². The van der Waals surface area contributed by atoms with Gasteiger partial charge in [-0.3, -0.25) is 4.79 Å². The number of rotatable bonds is 4. The number of carbonyl (C=O) groups excluding carboxylic acids is 1. The van der Waals surface area contributed by atoms with Crippen molar-refractivity contribution in [3.63, 3.8) is 0 Å². The van der Waals surface area contributed by atoms with Crippen molar-refractivity contribution in [1.82, 2.24) is 0 Å². The number of hydrogen-bond acceptors (Lipinski definition) is 4. The van der Waals surface area contributed by atoms with E-state index in [-0.39, 0.29) is 16.3 Å². The molecule has 0 fully saturated rings. The van der Waals surface area contributed by atoms with Crippen LogP contribution >= 0.6 is 11.3 Å². The van der Waals surface area contributed by atoms with E-state index in [1.807, 2.05) is 30.3 Å². The molecule has 0 aliphatic heterocycles. The summed E-state index contributed by atoms with van der Waals surface area (Å²) in [6.45, 7) is 1.39. The standard InChI is InChI=1S/C20H15F2NO4S/c1-11-8-9-13(17(22)16(11)21)18(24)23(2)14-10-15(12-6-4-3-5-7-12)28-19(14)27-20(25)26/h3-10H,1-2H3,(H,25,26). The van der Waals surface area contributed by atoms with Crippen LogP contribution in [0.25, 0.3) is 10.4 Å². The van der Waals surface area contributed by atoms with Crippen molar-refractivity contribution in [2.75, 3.05) is 11.9 Å². The first-order valence-corrected chi connectivity index (χ1v) is 8.94. The van der Waals surface area contributed by atoms with Gasteiger partial charge in [0.05, 0.1) is 11.3 Å². The number of carboxylic acid groups (broad SMARTS) is 1. The lowest BCUT2D eigenvalue weighted by molar-refractivity contribution is 0.0986. The Morgan fingerprint density at radius 2 is 1.75 bits per heavy atom. The third kappa shape index (κ3) is 3.72. The normalized spacial score (nSPS) is 10.6. The highest BCUT2D eigenvalue weighted by molar-refractivity contribution is 7.18. The Kier molecular flexibility index (Phi) is 5.41. The lowest BCUT2D eigenvalue weighted by Crippen LogP contribution is -2.27. The average molecular weight is 403 g/mol. The second-order valence-electron chi connectivity index (χ2n) is 5.94. The summed E-state index contributed by atoms with van der Waals surface area (Å²) in [6.07, 6.45) is -1.55. The lowest BCUT2D eigenvalue weighted by atomic mass is 10.1. The van der Waals surface area contributed by atoms with E-state index in [1.54, 1.807) is 6.07 Å². The highest BCUT2D eigenvalue weighted by Gasteiger charge is 2.26. The molecule has 0 atom stereocenters. The third-order valence-corrected chi connectivity index (χ3v) is 5.14. The van der Waals surface area contributed by atoms with Crippen LogP contribution in [-0.4, -0.2) is 24.2 Å². The largest absolute Gasteiger partial charge is 0.512 e. The molecule has 3 rings (SSSR count). The maximum absolute atomic E-state index is 14.2. The molecular weight excluding hydrogens is 388 g/mol. The maximum atomic E-state index is 14.2. The summed E-state index contributed by atoms with van der Waals surface area (Å²) < 4.78 is 32.9. The van der Waals surface area contributed by atoms with E-state index in [1.165, 1.54) is 26.1 Å². The lowest BCUT2D eigenvalue weighted by Gasteiger charge is -2.17. The van der Waals surface area contributed by atoms with Gasteiger partial charge in [-0.25, -0.2) is 13.6 Å². The van der Waals surface area contributed by atoms with Crippen LogP contribution in [0.2, 0.25) is 0 Å². The van der Waals surface area contributed by atoms with Crippen LogP contribution in [0.1, 0.15) is 15.9 Å². The summed E-state index contributed by atoms with van der Waals surface area (Å²) in [5.41, 5.74) is 0.548. The molecule has 28 heavy (non-hydrogen) atoms. The fourth-order valence-electron chi connectivity index (χ4n) is 2.60. The molecule has 1 amide bonds. The quantitative estimate of drug-likeness (QED) is 0.598. The predicted octanol–water partition coefficient (Wildman–Crippen LogP) is 5.34. The second-order valence-corrected chi connectivity index (χ2v) is 6.95. The van der Waals surface area contributed by atoms with Crippen molar-refractivity contribution in [2.45, 2.75) is 6.92 Å². The summed E-state index contributed by atoms with van der Waals surface area (Å²) in [5, 5.41) is 8.94. The topological polar surface area (TPSA) is 66.8 Å². The molecule has 0 unspecified atom stereocenters. The molecule has 0 radical (unpaired) electrons. The molecule has 0 aliphatic rings. The number of thiophene rings is 1. The van der Waals surface area contributed by atoms with E-state index in [9.17, 15) is 18.4 Å². The average Bonchev–Trinajstić information content (AvgIpc) is 3.09. The molecular formula is C20H15F2NO4S. The Balaban J connectivity index is 2.04. The number of aryl methyl sites for hydroxylation is 1. The van der Waals surface area contributed by atoms with Gasteiger partial charge >= 0.3 is 6.16 Å². The first-order chi connectivity index (χ1) is 13.3. The zero-order valence-corrected chi connectivity index (χ0v) is 15.7. The molecule has 2 aromatic carbocycles. The summed E-state index contributed by atoms with van der Waals surface area (Å²) in [7, 11) is 1.34. The highest BCUT2D eigenvalue weighted by Crippen LogP contribution is 2.43. The van der Waals surface area contributed by atoms with E-state index in [2.05, 4.69) is 0 Å². The molecule has 0 saturated heterocycles. The van der Waals surface area contributed by atoms with E-state index >= 15 is 0 Å². The number of carbonyl (C=O) groups is 2. The highest BCUT2D eigenvalue weighted by atomic mass is 32.1. The minimum atomic E-state index is -1.55. The van der Waals surface area contributed by atoms with Gasteiger partial charge in [-0.15, -0.1) is 0 Å². The number of halogens is 2. The molecule has 0 spiro atoms. The minimum absolute atomic E-state index is 0.0461. The second kappa shape index (κ2) is 7.77. The summed E-state index contributed by atoms with van der Waals surface area (Å²) in [6, 6.07) is 13.1. The minimum Gasteiger partial charge on any atom is -0.449 e. The SMILES string of the molecule is Cc1ccc(C(=O)N(C)c2cc(-c3ccccc3)sc2OC(=O)O)c(F)c1F. The molecule has 0 bridgehead atoms. The molecule has 1 heterocycles. The van der Waals surface area contributed by atoms with E-state index in [4.69, 9.17) is 9.84 Å². The van der Waals surface area contributed by atoms with Crippen LogP contribution in [0.3, 0.4) is 0 Å². The number of ether oxygens (including phenoxy) is 1. The third-order valence-electron chi connectivity index (χ3n) is 4.09. The molecule has 1 N–H and O–H groups in total. The van der Waals surface area contributed by atoms with Crippen LogP contribution in [-0.2, 0) is 0 Å². The van der Waals surface area contributed by atoms with Crippen LogP contribution in [0.5, 0.6) is 5.06 Å². The van der Waals surface area contributed by atoms with Gasteiger partial charge in [-0.05, 0) is 30.2 Å². The zero-order valence-electron chi connectivity index (χ0n) is 14.9. The van der Waals surface area contributed by atoms with Gasteiger partial charge in [0.15, 0.2) is 11.6 Å². The predicted molar refractivity (Wildman–Crippen MR) is 102 cm³/mol. The molecule has 0 aliphatic carbocycles. The van der Waals surface area contributed by atoms with Crippen LogP contribution in [0, 0.1) is 18.6 Å². The van der Waals surface area contributed by atoms with E-state index in [0.29, 0.717) is 4.88 Å². The first kappa shape index (κ1) is 19.5. The van der Waals surface area contributed by atoms with Gasteiger partial charge in [-0.1, -0.05) is 47.7 Å². The van der Waals surface area contributed by atoms with Gasteiger partial charge in [0, 0.05) is 11.9 Å². The van der Waals surface area contributed by atoms with Crippen molar-refractivity contribution in [2.24, 2.45) is 0 Å². The fraction of sp³-hybridized carbons (Fsp3) is 0.100. The number of hydrogen-bond donors (Lipinski definition) is 1. The van der Waals surface area contributed by atoms with Crippen molar-refractivity contribution in [3.05, 3.63) is 71.3 Å². The Bertz CT molecular complexity index is 1050. The van der Waals surface area contributed by atoms with Gasteiger partial charge in [0.25, 0.3) is 5.91 Å². The molecule has 5 nitrogen and oxygen atoms in total. The van der Waals surface area contributed by atoms with E-state index in [0.717, 1.165) is 21.8 Å². The Labute approximate surface area is 163 Å². The van der Waals surface area contributed by atoms with Crippen LogP contribution in [0.4, 0.5) is 19.3 Å². The maximum Gasteiger partial charge on any atom is 0.512 e. The van der Waals surface area contributed by atoms with Crippen molar-refractivity contribution in [3.8, 4) is 15.5 Å². The Morgan fingerprint density at radius 3 is 2.39 bits per heavy atom. The Morgan fingerprint density at radius 1 is 1.07 bits per heavy atom. The fourth-order valence-corrected chi connectivity index (χ4v) is 3.63. The van der Waals surface area contributed by atoms with Gasteiger partial charge in [0.1, 0.15) is 0 Å². The Hall–Kier alpha value is -3.26. The molecule has 3 aromatic rings. The number of amides is 1. The van der Waals surface area contributed by atoms with E-state index < -0.39 is 29.3 Å². The summed E-state index contributed by atoms with van der Waals surface area (Å²) >= 11 is 1.03. The van der Waals surface area contributed by atoms with Crippen LogP contribution in [0.15, 0.2) is 48.5 Å². The summed E-state index contributed by atoms with van der Waals surface area (Å²) in [5.74, 6) is -3.18. The van der Waals surface area contributed by atoms with Crippen molar-refractivity contribution < 1.29 is 28.2 Å².